The summed E-state index contributed by atoms with van der Waals surface area (Å²) in [6.07, 6.45) is 5.28. The Hall–Kier alpha value is -0.570. The fourth-order valence-electron chi connectivity index (χ4n) is 4.08. The number of carbonyl (C=O) groups is 1. The van der Waals surface area contributed by atoms with Crippen LogP contribution < -0.4 is 11.1 Å². The lowest BCUT2D eigenvalue weighted by Crippen LogP contribution is -2.62. The second-order valence-electron chi connectivity index (χ2n) is 7.72. The lowest BCUT2D eigenvalue weighted by Gasteiger charge is -2.51. The van der Waals surface area contributed by atoms with E-state index in [4.69, 9.17) is 5.73 Å². The van der Waals surface area contributed by atoms with Crippen LogP contribution in [0.3, 0.4) is 0 Å². The van der Waals surface area contributed by atoms with Gasteiger partial charge < -0.3 is 11.1 Å². The molecule has 0 bridgehead atoms. The minimum atomic E-state index is -0.480. The Morgan fingerprint density at radius 3 is 1.88 bits per heavy atom. The molecular formula is C14H26N2O. The first kappa shape index (κ1) is 12.9. The summed E-state index contributed by atoms with van der Waals surface area (Å²) in [5.41, 5.74) is 5.60. The van der Waals surface area contributed by atoms with Gasteiger partial charge in [0.2, 0.25) is 5.91 Å². The molecule has 0 aromatic rings. The van der Waals surface area contributed by atoms with E-state index in [1.807, 2.05) is 0 Å². The van der Waals surface area contributed by atoms with E-state index in [9.17, 15) is 4.79 Å². The maximum Gasteiger partial charge on any atom is 0.237 e. The minimum Gasteiger partial charge on any atom is -0.368 e. The minimum absolute atomic E-state index is 0.162. The smallest absolute Gasteiger partial charge is 0.237 e. The van der Waals surface area contributed by atoms with Crippen molar-refractivity contribution in [2.24, 2.45) is 16.6 Å². The second kappa shape index (κ2) is 3.71. The Morgan fingerprint density at radius 2 is 1.53 bits per heavy atom. The van der Waals surface area contributed by atoms with Crippen molar-refractivity contribution in [1.82, 2.24) is 5.32 Å². The Bertz CT molecular complexity index is 313. The number of hydrogen-bond acceptors (Lipinski definition) is 2. The van der Waals surface area contributed by atoms with Gasteiger partial charge in [-0.1, -0.05) is 27.7 Å². The molecule has 3 heteroatoms. The topological polar surface area (TPSA) is 55.1 Å². The van der Waals surface area contributed by atoms with Gasteiger partial charge in [0, 0.05) is 6.04 Å². The predicted molar refractivity (Wildman–Crippen MR) is 69.5 cm³/mol. The third kappa shape index (κ3) is 2.82. The molecule has 0 radical (unpaired) electrons. The zero-order valence-electron chi connectivity index (χ0n) is 11.6. The number of carbonyl (C=O) groups excluding carboxylic acids is 1. The van der Waals surface area contributed by atoms with Crippen molar-refractivity contribution in [3.05, 3.63) is 0 Å². The molecule has 1 amide bonds. The summed E-state index contributed by atoms with van der Waals surface area (Å²) in [5, 5.41) is 3.54. The number of primary amides is 1. The van der Waals surface area contributed by atoms with E-state index >= 15 is 0 Å². The zero-order valence-corrected chi connectivity index (χ0v) is 11.6. The molecule has 0 aliphatic heterocycles. The Morgan fingerprint density at radius 1 is 1.06 bits per heavy atom. The average Bonchev–Trinajstić information content (AvgIpc) is 2.80. The zero-order chi connectivity index (χ0) is 12.9. The van der Waals surface area contributed by atoms with Gasteiger partial charge in [0.25, 0.3) is 0 Å². The van der Waals surface area contributed by atoms with Crippen molar-refractivity contribution < 1.29 is 4.79 Å². The van der Waals surface area contributed by atoms with Gasteiger partial charge in [-0.05, 0) is 42.9 Å². The first-order valence-corrected chi connectivity index (χ1v) is 6.72. The van der Waals surface area contributed by atoms with E-state index in [0.29, 0.717) is 6.04 Å². The van der Waals surface area contributed by atoms with Crippen molar-refractivity contribution in [3.63, 3.8) is 0 Å². The molecule has 0 heterocycles. The van der Waals surface area contributed by atoms with Crippen molar-refractivity contribution in [2.45, 2.75) is 71.4 Å². The number of rotatable bonds is 3. The number of nitrogens with one attached hydrogen (secondary N) is 1. The van der Waals surface area contributed by atoms with Gasteiger partial charge in [0.15, 0.2) is 0 Å². The van der Waals surface area contributed by atoms with Crippen LogP contribution in [0.5, 0.6) is 0 Å². The Labute approximate surface area is 105 Å². The molecule has 2 aliphatic rings. The van der Waals surface area contributed by atoms with E-state index in [2.05, 4.69) is 33.0 Å². The van der Waals surface area contributed by atoms with Crippen LogP contribution in [0.1, 0.15) is 59.8 Å². The molecule has 2 saturated carbocycles. The van der Waals surface area contributed by atoms with Crippen LogP contribution in [0, 0.1) is 10.8 Å². The van der Waals surface area contributed by atoms with E-state index in [-0.39, 0.29) is 16.7 Å². The van der Waals surface area contributed by atoms with E-state index < -0.39 is 5.54 Å². The fourth-order valence-corrected chi connectivity index (χ4v) is 4.08. The number of hydrogen-bond donors (Lipinski definition) is 2. The molecule has 0 unspecified atom stereocenters. The quantitative estimate of drug-likeness (QED) is 0.792. The molecule has 2 rings (SSSR count). The molecule has 98 valence electrons. The molecular weight excluding hydrogens is 212 g/mol. The standard InChI is InChI=1S/C14H26N2O/c1-12(2)7-13(3,4)9-14(8-12,11(15)17)16-10-5-6-10/h10,16H,5-9H2,1-4H3,(H2,15,17). The third-order valence-corrected chi connectivity index (χ3v) is 4.05. The number of amides is 1. The van der Waals surface area contributed by atoms with Crippen LogP contribution in [-0.4, -0.2) is 17.5 Å². The van der Waals surface area contributed by atoms with Crippen molar-refractivity contribution in [1.29, 1.82) is 0 Å². The summed E-state index contributed by atoms with van der Waals surface area (Å²) in [5.74, 6) is -0.162. The average molecular weight is 238 g/mol. The van der Waals surface area contributed by atoms with E-state index in [1.54, 1.807) is 0 Å². The summed E-state index contributed by atoms with van der Waals surface area (Å²) < 4.78 is 0. The van der Waals surface area contributed by atoms with Gasteiger partial charge in [0.1, 0.15) is 0 Å². The summed E-state index contributed by atoms with van der Waals surface area (Å²) in [6, 6.07) is 0.521. The predicted octanol–water partition coefficient (Wildman–Crippen LogP) is 2.20. The summed E-state index contributed by atoms with van der Waals surface area (Å²) in [7, 11) is 0. The number of nitrogens with two attached hydrogens (primary N) is 1. The largest absolute Gasteiger partial charge is 0.368 e. The monoisotopic (exact) mass is 238 g/mol. The third-order valence-electron chi connectivity index (χ3n) is 4.05. The van der Waals surface area contributed by atoms with E-state index in [1.165, 1.54) is 12.8 Å². The molecule has 0 atom stereocenters. The molecule has 0 saturated heterocycles. The van der Waals surface area contributed by atoms with Crippen molar-refractivity contribution in [2.75, 3.05) is 0 Å². The molecule has 2 aliphatic carbocycles. The molecule has 0 aromatic heterocycles. The van der Waals surface area contributed by atoms with Crippen LogP contribution in [-0.2, 0) is 4.79 Å². The van der Waals surface area contributed by atoms with Gasteiger partial charge in [-0.15, -0.1) is 0 Å². The highest BCUT2D eigenvalue weighted by atomic mass is 16.1. The molecule has 3 nitrogen and oxygen atoms in total. The first-order chi connectivity index (χ1) is 7.64. The van der Waals surface area contributed by atoms with E-state index in [0.717, 1.165) is 19.3 Å². The van der Waals surface area contributed by atoms with Crippen LogP contribution in [0.4, 0.5) is 0 Å². The van der Waals surface area contributed by atoms with Crippen LogP contribution in [0.25, 0.3) is 0 Å². The van der Waals surface area contributed by atoms with Gasteiger partial charge >= 0.3 is 0 Å². The molecule has 2 fully saturated rings. The Kier molecular flexibility index (Phi) is 2.81. The molecule has 0 aromatic carbocycles. The van der Waals surface area contributed by atoms with Gasteiger partial charge in [-0.3, -0.25) is 4.79 Å². The summed E-state index contributed by atoms with van der Waals surface area (Å²) in [4.78, 5) is 12.0. The van der Waals surface area contributed by atoms with Crippen LogP contribution >= 0.6 is 0 Å². The maximum atomic E-state index is 12.0. The normalized spacial score (nSPS) is 29.9. The molecule has 17 heavy (non-hydrogen) atoms. The highest BCUT2D eigenvalue weighted by Gasteiger charge is 2.52. The lowest BCUT2D eigenvalue weighted by molar-refractivity contribution is -0.130. The SMILES string of the molecule is CC1(C)CC(C)(C)CC(NC2CC2)(C(N)=O)C1. The fraction of sp³-hybridized carbons (Fsp3) is 0.929. The summed E-state index contributed by atoms with van der Waals surface area (Å²) >= 11 is 0. The first-order valence-electron chi connectivity index (χ1n) is 6.72. The van der Waals surface area contributed by atoms with Gasteiger partial charge in [-0.25, -0.2) is 0 Å². The second-order valence-corrected chi connectivity index (χ2v) is 7.72. The highest BCUT2D eigenvalue weighted by molar-refractivity contribution is 5.85. The van der Waals surface area contributed by atoms with Crippen LogP contribution in [0.15, 0.2) is 0 Å². The lowest BCUT2D eigenvalue weighted by atomic mass is 9.58. The Balaban J connectivity index is 2.26. The van der Waals surface area contributed by atoms with Crippen molar-refractivity contribution in [3.8, 4) is 0 Å². The molecule has 3 N–H and O–H groups in total. The van der Waals surface area contributed by atoms with Crippen LogP contribution in [0.2, 0.25) is 0 Å². The highest BCUT2D eigenvalue weighted by Crippen LogP contribution is 2.50. The molecule has 0 spiro atoms. The summed E-state index contributed by atoms with van der Waals surface area (Å²) in [6.45, 7) is 9.00. The van der Waals surface area contributed by atoms with Crippen molar-refractivity contribution >= 4 is 5.91 Å². The maximum absolute atomic E-state index is 12.0. The van der Waals surface area contributed by atoms with Gasteiger partial charge in [0.05, 0.1) is 5.54 Å². The van der Waals surface area contributed by atoms with Gasteiger partial charge in [-0.2, -0.15) is 0 Å².